The number of hydrogen-bond acceptors (Lipinski definition) is 7. The quantitative estimate of drug-likeness (QED) is 0.612. The lowest BCUT2D eigenvalue weighted by Crippen LogP contribution is -2.52. The molecule has 3 rings (SSSR count). The van der Waals surface area contributed by atoms with Gasteiger partial charge in [-0.3, -0.25) is 19.7 Å². The van der Waals surface area contributed by atoms with E-state index in [2.05, 4.69) is 26.1 Å². The Labute approximate surface area is 119 Å². The Morgan fingerprint density at radius 3 is 2.90 bits per heavy atom. The van der Waals surface area contributed by atoms with Gasteiger partial charge in [0, 0.05) is 6.42 Å². The van der Waals surface area contributed by atoms with Crippen molar-refractivity contribution < 1.29 is 18.9 Å². The number of rotatable bonds is 3. The van der Waals surface area contributed by atoms with Gasteiger partial charge in [0.2, 0.25) is 17.7 Å². The van der Waals surface area contributed by atoms with Crippen LogP contribution in [0.4, 0.5) is 0 Å². The van der Waals surface area contributed by atoms with Crippen LogP contribution in [0.1, 0.15) is 48.2 Å². The van der Waals surface area contributed by atoms with Crippen molar-refractivity contribution in [3.8, 4) is 0 Å². The zero-order valence-corrected chi connectivity index (χ0v) is 11.2. The first-order valence-corrected chi connectivity index (χ1v) is 6.85. The third-order valence-electron chi connectivity index (χ3n) is 3.55. The van der Waals surface area contributed by atoms with Gasteiger partial charge >= 0.3 is 0 Å². The summed E-state index contributed by atoms with van der Waals surface area (Å²) in [5, 5.41) is 11.5. The van der Waals surface area contributed by atoms with Crippen LogP contribution in [0.5, 0.6) is 0 Å². The molecule has 2 unspecified atom stereocenters. The lowest BCUT2D eigenvalue weighted by Gasteiger charge is -2.20. The highest BCUT2D eigenvalue weighted by molar-refractivity contribution is 6.02. The molecule has 3 N–H and O–H groups in total. The second-order valence-corrected chi connectivity index (χ2v) is 5.08. The van der Waals surface area contributed by atoms with E-state index in [0.29, 0.717) is 5.89 Å². The summed E-state index contributed by atoms with van der Waals surface area (Å²) in [6.07, 6.45) is 2.37. The highest BCUT2D eigenvalue weighted by atomic mass is 16.5. The molecule has 2 aliphatic heterocycles. The molecule has 0 spiro atoms. The number of nitrogens with one attached hydrogen (secondary N) is 3. The summed E-state index contributed by atoms with van der Waals surface area (Å²) in [5.74, 6) is -1.16. The second-order valence-electron chi connectivity index (χ2n) is 5.08. The number of carbonyl (C=O) groups is 3. The summed E-state index contributed by atoms with van der Waals surface area (Å²) in [5.41, 5.74) is 0. The third kappa shape index (κ3) is 2.92. The monoisotopic (exact) mass is 293 g/mol. The van der Waals surface area contributed by atoms with Gasteiger partial charge in [0.05, 0.1) is 6.04 Å². The van der Waals surface area contributed by atoms with E-state index < -0.39 is 17.9 Å². The van der Waals surface area contributed by atoms with E-state index in [-0.39, 0.29) is 30.6 Å². The lowest BCUT2D eigenvalue weighted by molar-refractivity contribution is -0.134. The van der Waals surface area contributed by atoms with Crippen LogP contribution in [0, 0.1) is 0 Å². The van der Waals surface area contributed by atoms with E-state index in [1.165, 1.54) is 0 Å². The molecule has 9 heteroatoms. The Kier molecular flexibility index (Phi) is 3.65. The molecule has 112 valence electrons. The van der Waals surface area contributed by atoms with E-state index in [4.69, 9.17) is 4.52 Å². The average Bonchev–Trinajstić information content (AvgIpc) is 3.10. The van der Waals surface area contributed by atoms with E-state index in [9.17, 15) is 14.4 Å². The number of carbonyl (C=O) groups excluding carboxylic acids is 3. The summed E-state index contributed by atoms with van der Waals surface area (Å²) >= 11 is 0. The summed E-state index contributed by atoms with van der Waals surface area (Å²) in [7, 11) is 0. The highest BCUT2D eigenvalue weighted by Crippen LogP contribution is 2.21. The van der Waals surface area contributed by atoms with Crippen molar-refractivity contribution in [2.45, 2.75) is 37.8 Å². The molecular formula is C12H15N5O4. The Morgan fingerprint density at radius 1 is 1.33 bits per heavy atom. The van der Waals surface area contributed by atoms with Gasteiger partial charge in [-0.15, -0.1) is 0 Å². The van der Waals surface area contributed by atoms with Crippen molar-refractivity contribution in [2.24, 2.45) is 0 Å². The minimum atomic E-state index is -0.748. The fourth-order valence-electron chi connectivity index (χ4n) is 2.42. The molecule has 0 radical (unpaired) electrons. The Morgan fingerprint density at radius 2 is 2.19 bits per heavy atom. The number of nitrogens with zero attached hydrogens (tertiary/aromatic N) is 2. The molecule has 0 saturated carbocycles. The molecular weight excluding hydrogens is 278 g/mol. The standard InChI is InChI=1S/C12H15N5O4/c18-8-4-3-6(10(19)15-8)14-11(20)9-16-12(21-17-9)7-2-1-5-13-7/h6-7,13H,1-5H2,(H,14,20)(H,15,18,19). The minimum absolute atomic E-state index is 0.0188. The molecule has 2 fully saturated rings. The average molecular weight is 293 g/mol. The smallest absolute Gasteiger partial charge is 0.293 e. The molecule has 2 saturated heterocycles. The van der Waals surface area contributed by atoms with Gasteiger partial charge in [-0.25, -0.2) is 0 Å². The van der Waals surface area contributed by atoms with E-state index in [1.54, 1.807) is 0 Å². The van der Waals surface area contributed by atoms with Crippen LogP contribution in [0.25, 0.3) is 0 Å². The van der Waals surface area contributed by atoms with Crippen LogP contribution in [-0.4, -0.2) is 40.4 Å². The van der Waals surface area contributed by atoms with E-state index in [0.717, 1.165) is 19.4 Å². The van der Waals surface area contributed by atoms with Crippen LogP contribution in [-0.2, 0) is 9.59 Å². The van der Waals surface area contributed by atoms with Crippen LogP contribution in [0.2, 0.25) is 0 Å². The number of hydrogen-bond donors (Lipinski definition) is 3. The summed E-state index contributed by atoms with van der Waals surface area (Å²) in [6.45, 7) is 0.880. The topological polar surface area (TPSA) is 126 Å². The number of amides is 3. The first-order chi connectivity index (χ1) is 10.1. The van der Waals surface area contributed by atoms with Crippen LogP contribution in [0.15, 0.2) is 4.52 Å². The number of aromatic nitrogens is 2. The molecule has 9 nitrogen and oxygen atoms in total. The normalized spacial score (nSPS) is 25.7. The van der Waals surface area contributed by atoms with Gasteiger partial charge in [0.25, 0.3) is 11.7 Å². The van der Waals surface area contributed by atoms with Gasteiger partial charge in [-0.1, -0.05) is 5.16 Å². The molecule has 21 heavy (non-hydrogen) atoms. The molecule has 1 aromatic rings. The van der Waals surface area contributed by atoms with E-state index in [1.807, 2.05) is 0 Å². The summed E-state index contributed by atoms with van der Waals surface area (Å²) in [6, 6.07) is -0.767. The van der Waals surface area contributed by atoms with Crippen LogP contribution in [0.3, 0.4) is 0 Å². The molecule has 2 aliphatic rings. The first kappa shape index (κ1) is 13.7. The largest absolute Gasteiger partial charge is 0.337 e. The SMILES string of the molecule is O=C1CCC(NC(=O)c2noc(C3CCCN3)n2)C(=O)N1. The maximum atomic E-state index is 12.0. The van der Waals surface area contributed by atoms with Crippen LogP contribution < -0.4 is 16.0 Å². The van der Waals surface area contributed by atoms with Crippen molar-refractivity contribution in [3.63, 3.8) is 0 Å². The van der Waals surface area contributed by atoms with Crippen molar-refractivity contribution in [1.29, 1.82) is 0 Å². The molecule has 2 atom stereocenters. The highest BCUT2D eigenvalue weighted by Gasteiger charge is 2.30. The van der Waals surface area contributed by atoms with Crippen molar-refractivity contribution in [3.05, 3.63) is 11.7 Å². The second kappa shape index (κ2) is 5.60. The van der Waals surface area contributed by atoms with Gasteiger partial charge in [0.1, 0.15) is 6.04 Å². The Hall–Kier alpha value is -2.29. The van der Waals surface area contributed by atoms with Crippen molar-refractivity contribution in [1.82, 2.24) is 26.1 Å². The van der Waals surface area contributed by atoms with Gasteiger partial charge in [-0.2, -0.15) is 4.98 Å². The lowest BCUT2D eigenvalue weighted by atomic mass is 10.1. The minimum Gasteiger partial charge on any atom is -0.337 e. The maximum absolute atomic E-state index is 12.0. The van der Waals surface area contributed by atoms with Crippen LogP contribution >= 0.6 is 0 Å². The maximum Gasteiger partial charge on any atom is 0.293 e. The zero-order valence-electron chi connectivity index (χ0n) is 11.2. The molecule has 3 heterocycles. The molecule has 3 amide bonds. The molecule has 0 aromatic carbocycles. The Balaban J connectivity index is 1.62. The number of piperidine rings is 1. The summed E-state index contributed by atoms with van der Waals surface area (Å²) < 4.78 is 5.06. The van der Waals surface area contributed by atoms with Gasteiger partial charge in [0.15, 0.2) is 0 Å². The fourth-order valence-corrected chi connectivity index (χ4v) is 2.42. The van der Waals surface area contributed by atoms with E-state index >= 15 is 0 Å². The van der Waals surface area contributed by atoms with Gasteiger partial charge < -0.3 is 15.2 Å². The predicted molar refractivity (Wildman–Crippen MR) is 67.9 cm³/mol. The Bertz CT molecular complexity index is 578. The molecule has 0 aliphatic carbocycles. The number of imide groups is 1. The summed E-state index contributed by atoms with van der Waals surface area (Å²) in [4.78, 5) is 38.6. The fraction of sp³-hybridized carbons (Fsp3) is 0.583. The molecule has 0 bridgehead atoms. The third-order valence-corrected chi connectivity index (χ3v) is 3.55. The first-order valence-electron chi connectivity index (χ1n) is 6.85. The predicted octanol–water partition coefficient (Wildman–Crippen LogP) is -0.971. The van der Waals surface area contributed by atoms with Gasteiger partial charge in [-0.05, 0) is 25.8 Å². The van der Waals surface area contributed by atoms with Crippen molar-refractivity contribution in [2.75, 3.05) is 6.54 Å². The molecule has 1 aromatic heterocycles. The zero-order chi connectivity index (χ0) is 14.8. The van der Waals surface area contributed by atoms with Crippen molar-refractivity contribution >= 4 is 17.7 Å².